The van der Waals surface area contributed by atoms with Crippen LogP contribution in [0, 0.1) is 6.92 Å². The van der Waals surface area contributed by atoms with E-state index in [1.807, 2.05) is 61.5 Å². The van der Waals surface area contributed by atoms with Crippen molar-refractivity contribution in [3.8, 4) is 10.6 Å². The Hall–Kier alpha value is -2.92. The van der Waals surface area contributed by atoms with Gasteiger partial charge in [0.05, 0.1) is 12.2 Å². The zero-order valence-corrected chi connectivity index (χ0v) is 14.5. The Morgan fingerprint density at radius 2 is 1.88 bits per heavy atom. The molecular formula is C20H16N2O2S. The van der Waals surface area contributed by atoms with Crippen molar-refractivity contribution in [1.82, 2.24) is 10.3 Å². The van der Waals surface area contributed by atoms with Crippen molar-refractivity contribution in [2.24, 2.45) is 0 Å². The van der Waals surface area contributed by atoms with Crippen LogP contribution in [0.3, 0.4) is 0 Å². The first-order valence-electron chi connectivity index (χ1n) is 7.99. The number of hydrogen-bond donors (Lipinski definition) is 1. The summed E-state index contributed by atoms with van der Waals surface area (Å²) in [6.45, 7) is 2.40. The van der Waals surface area contributed by atoms with Crippen LogP contribution in [0.2, 0.25) is 0 Å². The Kier molecular flexibility index (Phi) is 4.07. The minimum atomic E-state index is -0.217. The van der Waals surface area contributed by atoms with E-state index in [2.05, 4.69) is 10.3 Å². The van der Waals surface area contributed by atoms with Crippen molar-refractivity contribution < 1.29 is 9.21 Å². The molecule has 25 heavy (non-hydrogen) atoms. The van der Waals surface area contributed by atoms with Gasteiger partial charge in [0.1, 0.15) is 10.6 Å². The maximum atomic E-state index is 12.4. The second kappa shape index (κ2) is 6.53. The fraction of sp³-hybridized carbons (Fsp3) is 0.100. The first-order chi connectivity index (χ1) is 12.2. The third-order valence-electron chi connectivity index (χ3n) is 3.97. The number of hydrogen-bond acceptors (Lipinski definition) is 4. The number of nitrogens with one attached hydrogen (secondary N) is 1. The Balaban J connectivity index is 1.49. The number of amides is 1. The number of aryl methyl sites for hydroxylation is 1. The average molecular weight is 348 g/mol. The number of nitrogens with zero attached hydrogens (tertiary/aromatic N) is 1. The van der Waals surface area contributed by atoms with Gasteiger partial charge in [0.25, 0.3) is 5.91 Å². The molecule has 0 atom stereocenters. The molecule has 0 spiro atoms. The lowest BCUT2D eigenvalue weighted by Gasteiger charge is -2.01. The molecule has 1 N–H and O–H groups in total. The van der Waals surface area contributed by atoms with Gasteiger partial charge in [0, 0.05) is 15.8 Å². The van der Waals surface area contributed by atoms with E-state index in [-0.39, 0.29) is 5.91 Å². The fourth-order valence-electron chi connectivity index (χ4n) is 2.64. The van der Waals surface area contributed by atoms with Crippen LogP contribution < -0.4 is 5.32 Å². The number of para-hydroxylation sites is 1. The third kappa shape index (κ3) is 3.19. The summed E-state index contributed by atoms with van der Waals surface area (Å²) in [5, 5.41) is 4.81. The van der Waals surface area contributed by atoms with Gasteiger partial charge in [0.15, 0.2) is 5.76 Å². The van der Waals surface area contributed by atoms with E-state index >= 15 is 0 Å². The zero-order chi connectivity index (χ0) is 17.2. The Bertz CT molecular complexity index is 1000. The SMILES string of the molecule is Cc1nc(-c2ccccc2)sc1CNC(=O)c1cc2ccccc2o1. The quantitative estimate of drug-likeness (QED) is 0.577. The van der Waals surface area contributed by atoms with Crippen LogP contribution in [0.15, 0.2) is 65.1 Å². The molecule has 0 radical (unpaired) electrons. The number of furan rings is 1. The Morgan fingerprint density at radius 1 is 1.12 bits per heavy atom. The summed E-state index contributed by atoms with van der Waals surface area (Å²) in [6, 6.07) is 19.4. The molecule has 0 unspecified atom stereocenters. The lowest BCUT2D eigenvalue weighted by atomic mass is 10.2. The number of aromatic nitrogens is 1. The maximum Gasteiger partial charge on any atom is 0.287 e. The largest absolute Gasteiger partial charge is 0.451 e. The van der Waals surface area contributed by atoms with E-state index in [0.717, 1.165) is 26.5 Å². The summed E-state index contributed by atoms with van der Waals surface area (Å²) in [7, 11) is 0. The number of thiazole rings is 1. The average Bonchev–Trinajstić information content (AvgIpc) is 3.24. The standard InChI is InChI=1S/C20H16N2O2S/c1-13-18(25-20(22-13)14-7-3-2-4-8-14)12-21-19(23)17-11-15-9-5-6-10-16(15)24-17/h2-11H,12H2,1H3,(H,21,23). The van der Waals surface area contributed by atoms with Crippen molar-refractivity contribution in [2.75, 3.05) is 0 Å². The molecule has 0 aliphatic rings. The lowest BCUT2D eigenvalue weighted by Crippen LogP contribution is -2.22. The van der Waals surface area contributed by atoms with Gasteiger partial charge in [-0.2, -0.15) is 0 Å². The predicted octanol–water partition coefficient (Wildman–Crippen LogP) is 4.79. The van der Waals surface area contributed by atoms with Crippen molar-refractivity contribution in [2.45, 2.75) is 13.5 Å². The molecule has 0 saturated heterocycles. The second-order valence-electron chi connectivity index (χ2n) is 5.72. The van der Waals surface area contributed by atoms with Crippen LogP contribution in [0.5, 0.6) is 0 Å². The van der Waals surface area contributed by atoms with Crippen LogP contribution in [0.1, 0.15) is 21.1 Å². The van der Waals surface area contributed by atoms with Gasteiger partial charge in [-0.25, -0.2) is 4.98 Å². The molecule has 2 aromatic heterocycles. The summed E-state index contributed by atoms with van der Waals surface area (Å²) in [5.41, 5.74) is 2.74. The molecule has 0 bridgehead atoms. The number of carbonyl (C=O) groups excluding carboxylic acids is 1. The van der Waals surface area contributed by atoms with Crippen molar-refractivity contribution in [3.05, 3.63) is 77.0 Å². The van der Waals surface area contributed by atoms with Crippen LogP contribution in [0.25, 0.3) is 21.5 Å². The monoisotopic (exact) mass is 348 g/mol. The molecule has 0 aliphatic heterocycles. The third-order valence-corrected chi connectivity index (χ3v) is 5.18. The molecule has 124 valence electrons. The molecular weight excluding hydrogens is 332 g/mol. The van der Waals surface area contributed by atoms with E-state index in [9.17, 15) is 4.79 Å². The zero-order valence-electron chi connectivity index (χ0n) is 13.7. The first-order valence-corrected chi connectivity index (χ1v) is 8.81. The van der Waals surface area contributed by atoms with Gasteiger partial charge in [-0.1, -0.05) is 48.5 Å². The highest BCUT2D eigenvalue weighted by Crippen LogP contribution is 2.27. The summed E-state index contributed by atoms with van der Waals surface area (Å²) < 4.78 is 5.60. The highest BCUT2D eigenvalue weighted by atomic mass is 32.1. The second-order valence-corrected chi connectivity index (χ2v) is 6.81. The van der Waals surface area contributed by atoms with Crippen LogP contribution in [-0.4, -0.2) is 10.9 Å². The maximum absolute atomic E-state index is 12.4. The highest BCUT2D eigenvalue weighted by molar-refractivity contribution is 7.15. The van der Waals surface area contributed by atoms with Crippen LogP contribution >= 0.6 is 11.3 Å². The van der Waals surface area contributed by atoms with Crippen molar-refractivity contribution >= 4 is 28.2 Å². The molecule has 4 rings (SSSR count). The molecule has 5 heteroatoms. The van der Waals surface area contributed by atoms with Gasteiger partial charge < -0.3 is 9.73 Å². The highest BCUT2D eigenvalue weighted by Gasteiger charge is 2.14. The topological polar surface area (TPSA) is 55.1 Å². The molecule has 1 amide bonds. The molecule has 2 heterocycles. The van der Waals surface area contributed by atoms with Crippen molar-refractivity contribution in [3.63, 3.8) is 0 Å². The molecule has 4 nitrogen and oxygen atoms in total. The summed E-state index contributed by atoms with van der Waals surface area (Å²) in [5.74, 6) is 0.108. The van der Waals surface area contributed by atoms with E-state index in [1.54, 1.807) is 17.4 Å². The Labute approximate surface area is 149 Å². The number of rotatable bonds is 4. The molecule has 2 aromatic carbocycles. The number of benzene rings is 2. The van der Waals surface area contributed by atoms with Crippen molar-refractivity contribution in [1.29, 1.82) is 0 Å². The van der Waals surface area contributed by atoms with Crippen LogP contribution in [0.4, 0.5) is 0 Å². The summed E-state index contributed by atoms with van der Waals surface area (Å²) >= 11 is 1.60. The lowest BCUT2D eigenvalue weighted by molar-refractivity contribution is 0.0925. The van der Waals surface area contributed by atoms with Crippen LogP contribution in [-0.2, 0) is 6.54 Å². The Morgan fingerprint density at radius 3 is 2.68 bits per heavy atom. The number of fused-ring (bicyclic) bond motifs is 1. The normalized spacial score (nSPS) is 10.9. The summed E-state index contributed by atoms with van der Waals surface area (Å²) in [4.78, 5) is 18.0. The van der Waals surface area contributed by atoms with Gasteiger partial charge in [0.2, 0.25) is 0 Å². The van der Waals surface area contributed by atoms with E-state index in [1.165, 1.54) is 0 Å². The molecule has 4 aromatic rings. The molecule has 0 fully saturated rings. The molecule has 0 saturated carbocycles. The van der Waals surface area contributed by atoms with Gasteiger partial charge in [-0.05, 0) is 19.1 Å². The van der Waals surface area contributed by atoms with Gasteiger partial charge in [-0.15, -0.1) is 11.3 Å². The smallest absolute Gasteiger partial charge is 0.287 e. The summed E-state index contributed by atoms with van der Waals surface area (Å²) in [6.07, 6.45) is 0. The number of carbonyl (C=O) groups is 1. The van der Waals surface area contributed by atoms with E-state index in [4.69, 9.17) is 4.42 Å². The first kappa shape index (κ1) is 15.6. The van der Waals surface area contributed by atoms with E-state index in [0.29, 0.717) is 17.9 Å². The van der Waals surface area contributed by atoms with Gasteiger partial charge in [-0.3, -0.25) is 4.79 Å². The minimum Gasteiger partial charge on any atom is -0.451 e. The minimum absolute atomic E-state index is 0.217. The predicted molar refractivity (Wildman–Crippen MR) is 99.7 cm³/mol. The molecule has 0 aliphatic carbocycles. The fourth-order valence-corrected chi connectivity index (χ4v) is 3.65. The van der Waals surface area contributed by atoms with E-state index < -0.39 is 0 Å². The van der Waals surface area contributed by atoms with Gasteiger partial charge >= 0.3 is 0 Å².